The average molecular weight is 228 g/mol. The first kappa shape index (κ1) is 9.30. The third kappa shape index (κ3) is 1.27. The van der Waals surface area contributed by atoms with Crippen molar-refractivity contribution in [2.45, 2.75) is 0 Å². The van der Waals surface area contributed by atoms with Gasteiger partial charge in [0.25, 0.3) is 0 Å². The van der Waals surface area contributed by atoms with Crippen LogP contribution in [-0.4, -0.2) is 15.8 Å². The number of thiazole rings is 1. The molecule has 3 rings (SSSR count). The third-order valence-electron chi connectivity index (χ3n) is 2.47. The smallest absolute Gasteiger partial charge is 0.194 e. The van der Waals surface area contributed by atoms with Gasteiger partial charge in [-0.3, -0.25) is 9.36 Å². The van der Waals surface area contributed by atoms with E-state index in [1.165, 1.54) is 11.3 Å². The van der Waals surface area contributed by atoms with Gasteiger partial charge in [0, 0.05) is 17.0 Å². The van der Waals surface area contributed by atoms with Crippen LogP contribution >= 0.6 is 11.3 Å². The lowest BCUT2D eigenvalue weighted by molar-refractivity contribution is 0.111. The normalized spacial score (nSPS) is 10.8. The summed E-state index contributed by atoms with van der Waals surface area (Å²) in [5, 5.41) is 3.78. The van der Waals surface area contributed by atoms with E-state index in [1.807, 2.05) is 40.3 Å². The van der Waals surface area contributed by atoms with Crippen molar-refractivity contribution in [2.75, 3.05) is 0 Å². The molecule has 2 aromatic heterocycles. The van der Waals surface area contributed by atoms with Gasteiger partial charge in [0.15, 0.2) is 11.4 Å². The zero-order valence-electron chi connectivity index (χ0n) is 8.33. The van der Waals surface area contributed by atoms with Gasteiger partial charge in [0.2, 0.25) is 0 Å². The maximum absolute atomic E-state index is 11.0. The highest BCUT2D eigenvalue weighted by Crippen LogP contribution is 2.24. The van der Waals surface area contributed by atoms with E-state index in [9.17, 15) is 4.79 Å². The number of aldehydes is 1. The number of hydrogen-bond donors (Lipinski definition) is 0. The predicted octanol–water partition coefficient (Wildman–Crippen LogP) is 2.90. The molecule has 0 radical (unpaired) electrons. The largest absolute Gasteiger partial charge is 0.296 e. The summed E-state index contributed by atoms with van der Waals surface area (Å²) in [6.07, 6.45) is 2.60. The number of carbonyl (C=O) groups excluding carboxylic acids is 1. The maximum atomic E-state index is 11.0. The molecule has 1 aromatic carbocycles. The van der Waals surface area contributed by atoms with Crippen LogP contribution < -0.4 is 0 Å². The molecule has 0 aliphatic carbocycles. The van der Waals surface area contributed by atoms with E-state index in [1.54, 1.807) is 6.20 Å². The zero-order chi connectivity index (χ0) is 11.0. The number of nitrogens with zero attached hydrogens (tertiary/aromatic N) is 2. The molecule has 0 spiro atoms. The molecule has 0 bridgehead atoms. The Hall–Kier alpha value is -1.94. The lowest BCUT2D eigenvalue weighted by Gasteiger charge is -2.01. The molecule has 0 aliphatic rings. The summed E-state index contributed by atoms with van der Waals surface area (Å²) in [4.78, 5) is 15.3. The number of fused-ring (bicyclic) bond motifs is 1. The zero-order valence-corrected chi connectivity index (χ0v) is 9.15. The van der Waals surface area contributed by atoms with Gasteiger partial charge in [-0.15, -0.1) is 11.3 Å². The van der Waals surface area contributed by atoms with Crippen LogP contribution in [0.25, 0.3) is 16.0 Å². The highest BCUT2D eigenvalue weighted by Gasteiger charge is 2.10. The molecule has 4 heteroatoms. The van der Waals surface area contributed by atoms with Gasteiger partial charge in [0.05, 0.1) is 11.2 Å². The summed E-state index contributed by atoms with van der Waals surface area (Å²) in [7, 11) is 0. The first-order valence-electron chi connectivity index (χ1n) is 4.85. The Morgan fingerprint density at radius 3 is 2.94 bits per heavy atom. The minimum absolute atomic E-state index is 0.635. The van der Waals surface area contributed by atoms with E-state index in [-0.39, 0.29) is 0 Å². The van der Waals surface area contributed by atoms with E-state index >= 15 is 0 Å². The minimum Gasteiger partial charge on any atom is -0.296 e. The van der Waals surface area contributed by atoms with Crippen LogP contribution in [-0.2, 0) is 0 Å². The Labute approximate surface area is 96.0 Å². The Bertz CT molecular complexity index is 640. The molecule has 3 nitrogen and oxygen atoms in total. The Kier molecular flexibility index (Phi) is 2.08. The summed E-state index contributed by atoms with van der Waals surface area (Å²) < 4.78 is 1.88. The second kappa shape index (κ2) is 3.57. The van der Waals surface area contributed by atoms with E-state index in [0.29, 0.717) is 5.69 Å². The van der Waals surface area contributed by atoms with Crippen molar-refractivity contribution >= 4 is 28.5 Å². The second-order valence-corrected chi connectivity index (χ2v) is 4.27. The summed E-state index contributed by atoms with van der Waals surface area (Å²) >= 11 is 1.52. The van der Waals surface area contributed by atoms with Gasteiger partial charge in [-0.25, -0.2) is 4.98 Å². The van der Waals surface area contributed by atoms with Gasteiger partial charge >= 0.3 is 0 Å². The molecule has 0 saturated heterocycles. The predicted molar refractivity (Wildman–Crippen MR) is 64.3 cm³/mol. The molecule has 16 heavy (non-hydrogen) atoms. The summed E-state index contributed by atoms with van der Waals surface area (Å²) in [5.41, 5.74) is 1.65. The van der Waals surface area contributed by atoms with Gasteiger partial charge in [-0.1, -0.05) is 18.2 Å². The van der Waals surface area contributed by atoms with Crippen LogP contribution in [0.4, 0.5) is 0 Å². The monoisotopic (exact) mass is 228 g/mol. The molecular weight excluding hydrogens is 220 g/mol. The molecule has 0 unspecified atom stereocenters. The Balaban J connectivity index is 2.40. The standard InChI is InChI=1S/C12H8N2OS/c15-8-10-7-9-3-1-2-4-11(9)14(10)12-13-5-6-16-12/h1-8H. The average Bonchev–Trinajstić information content (AvgIpc) is 2.94. The molecule has 0 atom stereocenters. The molecule has 2 heterocycles. The van der Waals surface area contributed by atoms with E-state index in [2.05, 4.69) is 4.98 Å². The van der Waals surface area contributed by atoms with Crippen molar-refractivity contribution in [3.05, 3.63) is 47.6 Å². The van der Waals surface area contributed by atoms with Gasteiger partial charge in [0.1, 0.15) is 0 Å². The van der Waals surface area contributed by atoms with E-state index < -0.39 is 0 Å². The van der Waals surface area contributed by atoms with Crippen molar-refractivity contribution in [1.82, 2.24) is 9.55 Å². The fraction of sp³-hybridized carbons (Fsp3) is 0. The molecule has 0 amide bonds. The number of carbonyl (C=O) groups is 1. The Morgan fingerprint density at radius 1 is 1.31 bits per heavy atom. The van der Waals surface area contributed by atoms with Crippen LogP contribution in [0, 0.1) is 0 Å². The molecule has 0 N–H and O–H groups in total. The third-order valence-corrected chi connectivity index (χ3v) is 3.23. The van der Waals surface area contributed by atoms with Crippen LogP contribution in [0.3, 0.4) is 0 Å². The molecular formula is C12H8N2OS. The molecule has 3 aromatic rings. The van der Waals surface area contributed by atoms with Gasteiger partial charge in [-0.05, 0) is 12.1 Å². The SMILES string of the molecule is O=Cc1cc2ccccc2n1-c1nccs1. The maximum Gasteiger partial charge on any atom is 0.194 e. The van der Waals surface area contributed by atoms with Crippen molar-refractivity contribution in [1.29, 1.82) is 0 Å². The summed E-state index contributed by atoms with van der Waals surface area (Å²) in [6, 6.07) is 9.78. The topological polar surface area (TPSA) is 34.9 Å². The van der Waals surface area contributed by atoms with Crippen molar-refractivity contribution in [2.24, 2.45) is 0 Å². The summed E-state index contributed by atoms with van der Waals surface area (Å²) in [5.74, 6) is 0. The van der Waals surface area contributed by atoms with E-state index in [4.69, 9.17) is 0 Å². The highest BCUT2D eigenvalue weighted by molar-refractivity contribution is 7.12. The molecule has 0 saturated carbocycles. The second-order valence-electron chi connectivity index (χ2n) is 3.40. The lowest BCUT2D eigenvalue weighted by Crippen LogP contribution is -1.97. The highest BCUT2D eigenvalue weighted by atomic mass is 32.1. The van der Waals surface area contributed by atoms with Crippen LogP contribution in [0.5, 0.6) is 0 Å². The van der Waals surface area contributed by atoms with Gasteiger partial charge in [-0.2, -0.15) is 0 Å². The lowest BCUT2D eigenvalue weighted by atomic mass is 10.2. The van der Waals surface area contributed by atoms with Crippen LogP contribution in [0.15, 0.2) is 41.9 Å². The summed E-state index contributed by atoms with van der Waals surface area (Å²) in [6.45, 7) is 0. The number of rotatable bonds is 2. The van der Waals surface area contributed by atoms with Crippen molar-refractivity contribution in [3.63, 3.8) is 0 Å². The number of aromatic nitrogens is 2. The van der Waals surface area contributed by atoms with Crippen molar-refractivity contribution in [3.8, 4) is 5.13 Å². The van der Waals surface area contributed by atoms with E-state index in [0.717, 1.165) is 22.3 Å². The quantitative estimate of drug-likeness (QED) is 0.632. The number of benzene rings is 1. The number of para-hydroxylation sites is 1. The minimum atomic E-state index is 0.635. The van der Waals surface area contributed by atoms with Crippen molar-refractivity contribution < 1.29 is 4.79 Å². The fourth-order valence-electron chi connectivity index (χ4n) is 1.80. The fourth-order valence-corrected chi connectivity index (χ4v) is 2.48. The molecule has 0 fully saturated rings. The first-order valence-corrected chi connectivity index (χ1v) is 5.73. The molecule has 0 aliphatic heterocycles. The Morgan fingerprint density at radius 2 is 2.19 bits per heavy atom. The van der Waals surface area contributed by atoms with Gasteiger partial charge < -0.3 is 0 Å². The molecule has 78 valence electrons. The van der Waals surface area contributed by atoms with Crippen LogP contribution in [0.1, 0.15) is 10.5 Å². The van der Waals surface area contributed by atoms with Crippen LogP contribution in [0.2, 0.25) is 0 Å². The first-order chi connectivity index (χ1) is 7.90. The number of hydrogen-bond acceptors (Lipinski definition) is 3.